The molecule has 0 bridgehead atoms. The van der Waals surface area contributed by atoms with Crippen LogP contribution in [-0.2, 0) is 6.54 Å². The van der Waals surface area contributed by atoms with Gasteiger partial charge in [0.15, 0.2) is 5.82 Å². The number of nitrogen functional groups attached to an aromatic ring is 1. The maximum Gasteiger partial charge on any atom is 0.150 e. The van der Waals surface area contributed by atoms with Gasteiger partial charge in [0.25, 0.3) is 0 Å². The highest BCUT2D eigenvalue weighted by atomic mass is 15.3. The first-order valence-corrected chi connectivity index (χ1v) is 7.46. The molecule has 0 amide bonds. The number of anilines is 2. The number of rotatable bonds is 4. The van der Waals surface area contributed by atoms with Crippen molar-refractivity contribution in [3.63, 3.8) is 0 Å². The Morgan fingerprint density at radius 3 is 2.82 bits per heavy atom. The Kier molecular flexibility index (Phi) is 4.15. The second kappa shape index (κ2) is 6.23. The van der Waals surface area contributed by atoms with E-state index >= 15 is 0 Å². The van der Waals surface area contributed by atoms with Crippen molar-refractivity contribution in [2.24, 2.45) is 0 Å². The highest BCUT2D eigenvalue weighted by Crippen LogP contribution is 2.31. The Labute approximate surface area is 130 Å². The van der Waals surface area contributed by atoms with Crippen LogP contribution in [-0.4, -0.2) is 45.7 Å². The minimum atomic E-state index is 0.272. The van der Waals surface area contributed by atoms with Crippen LogP contribution in [0.15, 0.2) is 24.4 Å². The molecule has 116 valence electrons. The van der Waals surface area contributed by atoms with Gasteiger partial charge in [0.1, 0.15) is 11.6 Å². The number of aromatic nitrogens is 4. The van der Waals surface area contributed by atoms with Gasteiger partial charge in [-0.3, -0.25) is 4.90 Å². The first-order valence-electron chi connectivity index (χ1n) is 7.46. The zero-order valence-electron chi connectivity index (χ0n) is 13.0. The number of likely N-dealkylation sites (tertiary alicyclic amines) is 1. The zero-order chi connectivity index (χ0) is 15.5. The molecule has 1 saturated heterocycles. The van der Waals surface area contributed by atoms with Gasteiger partial charge in [-0.15, -0.1) is 5.10 Å². The van der Waals surface area contributed by atoms with Crippen molar-refractivity contribution >= 4 is 11.6 Å². The fraction of sp³-hybridized carbons (Fsp3) is 0.467. The Hall–Kier alpha value is -2.28. The largest absolute Gasteiger partial charge is 0.384 e. The van der Waals surface area contributed by atoms with Gasteiger partial charge in [-0.2, -0.15) is 5.10 Å². The SMILES string of the molecule is CN(C)c1ccc(C2CCCN2Cc2nccc(N)n2)nn1. The van der Waals surface area contributed by atoms with E-state index in [1.54, 1.807) is 12.3 Å². The van der Waals surface area contributed by atoms with Gasteiger partial charge in [0.05, 0.1) is 18.3 Å². The molecule has 2 N–H and O–H groups in total. The minimum Gasteiger partial charge on any atom is -0.384 e. The molecule has 1 fully saturated rings. The van der Waals surface area contributed by atoms with Gasteiger partial charge < -0.3 is 10.6 Å². The van der Waals surface area contributed by atoms with E-state index in [0.29, 0.717) is 12.4 Å². The predicted octanol–water partition coefficient (Wildman–Crippen LogP) is 1.25. The lowest BCUT2D eigenvalue weighted by Crippen LogP contribution is -2.25. The number of nitrogens with zero attached hydrogens (tertiary/aromatic N) is 6. The van der Waals surface area contributed by atoms with Gasteiger partial charge in [-0.25, -0.2) is 9.97 Å². The third kappa shape index (κ3) is 3.14. The average molecular weight is 299 g/mol. The van der Waals surface area contributed by atoms with E-state index in [4.69, 9.17) is 5.73 Å². The molecule has 7 nitrogen and oxygen atoms in total. The third-order valence-electron chi connectivity index (χ3n) is 3.91. The smallest absolute Gasteiger partial charge is 0.150 e. The predicted molar refractivity (Wildman–Crippen MR) is 85.2 cm³/mol. The molecule has 0 spiro atoms. The highest BCUT2D eigenvalue weighted by Gasteiger charge is 2.28. The monoisotopic (exact) mass is 299 g/mol. The molecule has 1 atom stereocenters. The van der Waals surface area contributed by atoms with Crippen LogP contribution in [0.2, 0.25) is 0 Å². The van der Waals surface area contributed by atoms with E-state index in [2.05, 4.69) is 31.1 Å². The van der Waals surface area contributed by atoms with Crippen molar-refractivity contribution in [3.8, 4) is 0 Å². The molecule has 22 heavy (non-hydrogen) atoms. The fourth-order valence-electron chi connectivity index (χ4n) is 2.77. The topological polar surface area (TPSA) is 84.1 Å². The summed E-state index contributed by atoms with van der Waals surface area (Å²) < 4.78 is 0. The second-order valence-electron chi connectivity index (χ2n) is 5.74. The lowest BCUT2D eigenvalue weighted by molar-refractivity contribution is 0.237. The summed E-state index contributed by atoms with van der Waals surface area (Å²) in [5.41, 5.74) is 6.73. The van der Waals surface area contributed by atoms with E-state index in [1.165, 1.54) is 0 Å². The van der Waals surface area contributed by atoms with Crippen molar-refractivity contribution in [2.75, 3.05) is 31.3 Å². The van der Waals surface area contributed by atoms with Crippen LogP contribution in [0, 0.1) is 0 Å². The van der Waals surface area contributed by atoms with Crippen LogP contribution in [0.4, 0.5) is 11.6 Å². The van der Waals surface area contributed by atoms with E-state index in [-0.39, 0.29) is 6.04 Å². The summed E-state index contributed by atoms with van der Waals surface area (Å²) in [4.78, 5) is 12.9. The molecular weight excluding hydrogens is 278 g/mol. The van der Waals surface area contributed by atoms with Crippen LogP contribution in [0.25, 0.3) is 0 Å². The summed E-state index contributed by atoms with van der Waals surface area (Å²) >= 11 is 0. The van der Waals surface area contributed by atoms with E-state index in [1.807, 2.05) is 25.1 Å². The van der Waals surface area contributed by atoms with Crippen molar-refractivity contribution in [2.45, 2.75) is 25.4 Å². The molecule has 2 aromatic rings. The standard InChI is InChI=1S/C15H21N7/c1-21(2)15-6-5-11(19-20-15)12-4-3-9-22(12)10-14-17-8-7-13(16)18-14/h5-8,12H,3-4,9-10H2,1-2H3,(H2,16,17,18). The van der Waals surface area contributed by atoms with Gasteiger partial charge >= 0.3 is 0 Å². The van der Waals surface area contributed by atoms with Crippen molar-refractivity contribution in [1.82, 2.24) is 25.1 Å². The number of hydrogen-bond acceptors (Lipinski definition) is 7. The van der Waals surface area contributed by atoms with Crippen molar-refractivity contribution < 1.29 is 0 Å². The molecule has 1 aliphatic heterocycles. The Morgan fingerprint density at radius 2 is 2.14 bits per heavy atom. The molecule has 7 heteroatoms. The summed E-state index contributed by atoms with van der Waals surface area (Å²) in [7, 11) is 3.92. The Morgan fingerprint density at radius 1 is 1.27 bits per heavy atom. The number of nitrogens with two attached hydrogens (primary N) is 1. The number of hydrogen-bond donors (Lipinski definition) is 1. The Balaban J connectivity index is 1.75. The zero-order valence-corrected chi connectivity index (χ0v) is 13.0. The van der Waals surface area contributed by atoms with Crippen LogP contribution in [0.5, 0.6) is 0 Å². The molecule has 3 heterocycles. The molecule has 2 aromatic heterocycles. The lowest BCUT2D eigenvalue weighted by atomic mass is 10.1. The summed E-state index contributed by atoms with van der Waals surface area (Å²) in [5, 5.41) is 8.67. The van der Waals surface area contributed by atoms with E-state index in [9.17, 15) is 0 Å². The van der Waals surface area contributed by atoms with Crippen LogP contribution < -0.4 is 10.6 Å². The first-order chi connectivity index (χ1) is 10.6. The quantitative estimate of drug-likeness (QED) is 0.909. The minimum absolute atomic E-state index is 0.272. The van der Waals surface area contributed by atoms with Crippen LogP contribution in [0.3, 0.4) is 0 Å². The van der Waals surface area contributed by atoms with E-state index in [0.717, 1.165) is 36.7 Å². The first kappa shape index (κ1) is 14.6. The summed E-state index contributed by atoms with van der Waals surface area (Å²) in [6.45, 7) is 1.70. The fourth-order valence-corrected chi connectivity index (χ4v) is 2.77. The highest BCUT2D eigenvalue weighted by molar-refractivity contribution is 5.35. The second-order valence-corrected chi connectivity index (χ2v) is 5.74. The Bertz CT molecular complexity index is 626. The maximum absolute atomic E-state index is 5.73. The van der Waals surface area contributed by atoms with Crippen LogP contribution in [0.1, 0.15) is 30.4 Å². The normalized spacial score (nSPS) is 18.5. The molecule has 3 rings (SSSR count). The summed E-state index contributed by atoms with van der Waals surface area (Å²) in [5.74, 6) is 2.13. The van der Waals surface area contributed by atoms with Gasteiger partial charge in [0, 0.05) is 20.3 Å². The molecule has 1 aliphatic rings. The average Bonchev–Trinajstić information content (AvgIpc) is 2.95. The molecule has 0 radical (unpaired) electrons. The molecule has 0 saturated carbocycles. The molecule has 1 unspecified atom stereocenters. The van der Waals surface area contributed by atoms with Gasteiger partial charge in [-0.05, 0) is 37.6 Å². The van der Waals surface area contributed by atoms with E-state index < -0.39 is 0 Å². The summed E-state index contributed by atoms with van der Waals surface area (Å²) in [6, 6.07) is 6.05. The maximum atomic E-state index is 5.73. The third-order valence-corrected chi connectivity index (χ3v) is 3.91. The molecule has 0 aromatic carbocycles. The van der Waals surface area contributed by atoms with Crippen LogP contribution >= 0.6 is 0 Å². The molecular formula is C15H21N7. The lowest BCUT2D eigenvalue weighted by Gasteiger charge is -2.23. The summed E-state index contributed by atoms with van der Waals surface area (Å²) in [6.07, 6.45) is 3.93. The van der Waals surface area contributed by atoms with Crippen molar-refractivity contribution in [1.29, 1.82) is 0 Å². The van der Waals surface area contributed by atoms with Gasteiger partial charge in [0.2, 0.25) is 0 Å². The van der Waals surface area contributed by atoms with Crippen molar-refractivity contribution in [3.05, 3.63) is 35.9 Å². The van der Waals surface area contributed by atoms with Gasteiger partial charge in [-0.1, -0.05) is 0 Å². The molecule has 0 aliphatic carbocycles.